The van der Waals surface area contributed by atoms with Crippen LogP contribution in [0.4, 0.5) is 0 Å². The molecule has 1 fully saturated rings. The van der Waals surface area contributed by atoms with Crippen molar-refractivity contribution in [2.45, 2.75) is 39.8 Å². The zero-order valence-electron chi connectivity index (χ0n) is 11.8. The first-order chi connectivity index (χ1) is 8.00. The minimum atomic E-state index is 0.589. The molecule has 1 saturated heterocycles. The van der Waals surface area contributed by atoms with Crippen molar-refractivity contribution in [1.29, 1.82) is 0 Å². The summed E-state index contributed by atoms with van der Waals surface area (Å²) < 4.78 is 5.60. The molecule has 0 aromatic carbocycles. The van der Waals surface area contributed by atoms with Crippen molar-refractivity contribution in [1.82, 2.24) is 10.2 Å². The molecule has 3 nitrogen and oxygen atoms in total. The van der Waals surface area contributed by atoms with Crippen molar-refractivity contribution in [3.05, 3.63) is 12.2 Å². The van der Waals surface area contributed by atoms with E-state index in [-0.39, 0.29) is 0 Å². The van der Waals surface area contributed by atoms with Gasteiger partial charge in [-0.3, -0.25) is 4.90 Å². The van der Waals surface area contributed by atoms with Gasteiger partial charge in [-0.2, -0.15) is 0 Å². The number of hydrogen-bond acceptors (Lipinski definition) is 3. The van der Waals surface area contributed by atoms with E-state index in [9.17, 15) is 0 Å². The smallest absolute Gasteiger partial charge is 0.0672 e. The Morgan fingerprint density at radius 3 is 2.82 bits per heavy atom. The van der Waals surface area contributed by atoms with Crippen molar-refractivity contribution in [2.75, 3.05) is 32.8 Å². The Kier molecular flexibility index (Phi) is 6.17. The summed E-state index contributed by atoms with van der Waals surface area (Å²) in [5.74, 6) is 0.691. The molecule has 0 spiro atoms. The molecule has 1 heterocycles. The van der Waals surface area contributed by atoms with Crippen molar-refractivity contribution in [3.63, 3.8) is 0 Å². The lowest BCUT2D eigenvalue weighted by Crippen LogP contribution is -2.57. The average molecular weight is 240 g/mol. The summed E-state index contributed by atoms with van der Waals surface area (Å²) in [6.07, 6.45) is 0. The molecule has 0 aromatic rings. The van der Waals surface area contributed by atoms with E-state index in [0.29, 0.717) is 24.6 Å². The first-order valence-electron chi connectivity index (χ1n) is 6.70. The molecule has 1 N–H and O–H groups in total. The third-order valence-corrected chi connectivity index (χ3v) is 3.29. The van der Waals surface area contributed by atoms with Gasteiger partial charge in [-0.15, -0.1) is 0 Å². The van der Waals surface area contributed by atoms with Crippen LogP contribution in [0, 0.1) is 5.92 Å². The molecular formula is C14H28N2O. The molecule has 0 saturated carbocycles. The van der Waals surface area contributed by atoms with Gasteiger partial charge in [0.05, 0.1) is 13.2 Å². The fourth-order valence-corrected chi connectivity index (χ4v) is 2.35. The summed E-state index contributed by atoms with van der Waals surface area (Å²) in [5.41, 5.74) is 1.10. The zero-order valence-corrected chi connectivity index (χ0v) is 11.8. The molecule has 1 aliphatic heterocycles. The van der Waals surface area contributed by atoms with Gasteiger partial charge in [-0.1, -0.05) is 26.0 Å². The number of nitrogens with zero attached hydrogens (tertiary/aromatic N) is 1. The van der Waals surface area contributed by atoms with Gasteiger partial charge in [0.25, 0.3) is 0 Å². The van der Waals surface area contributed by atoms with Crippen LogP contribution in [0.5, 0.6) is 0 Å². The van der Waals surface area contributed by atoms with Crippen LogP contribution in [0.2, 0.25) is 0 Å². The fraction of sp³-hybridized carbons (Fsp3) is 0.857. The average Bonchev–Trinajstić information content (AvgIpc) is 2.23. The van der Waals surface area contributed by atoms with Crippen molar-refractivity contribution in [2.24, 2.45) is 5.92 Å². The predicted molar refractivity (Wildman–Crippen MR) is 73.3 cm³/mol. The van der Waals surface area contributed by atoms with Crippen LogP contribution in [-0.2, 0) is 4.74 Å². The van der Waals surface area contributed by atoms with Crippen molar-refractivity contribution >= 4 is 0 Å². The van der Waals surface area contributed by atoms with Crippen molar-refractivity contribution < 1.29 is 4.74 Å². The summed E-state index contributed by atoms with van der Waals surface area (Å²) in [6.45, 7) is 17.4. The van der Waals surface area contributed by atoms with Gasteiger partial charge in [0.1, 0.15) is 0 Å². The van der Waals surface area contributed by atoms with E-state index < -0.39 is 0 Å². The lowest BCUT2D eigenvalue weighted by atomic mass is 9.99. The Hall–Kier alpha value is -0.380. The summed E-state index contributed by atoms with van der Waals surface area (Å²) in [7, 11) is 0. The summed E-state index contributed by atoms with van der Waals surface area (Å²) in [5, 5.41) is 3.56. The lowest BCUT2D eigenvalue weighted by molar-refractivity contribution is 0.0592. The highest BCUT2D eigenvalue weighted by atomic mass is 16.5. The fourth-order valence-electron chi connectivity index (χ4n) is 2.35. The van der Waals surface area contributed by atoms with Crippen LogP contribution >= 0.6 is 0 Å². The van der Waals surface area contributed by atoms with Gasteiger partial charge < -0.3 is 10.1 Å². The highest BCUT2D eigenvalue weighted by molar-refractivity contribution is 4.88. The monoisotopic (exact) mass is 240 g/mol. The number of rotatable bonds is 6. The van der Waals surface area contributed by atoms with Gasteiger partial charge in [0, 0.05) is 31.7 Å². The largest absolute Gasteiger partial charge is 0.376 e. The quantitative estimate of drug-likeness (QED) is 0.567. The van der Waals surface area contributed by atoms with E-state index >= 15 is 0 Å². The maximum Gasteiger partial charge on any atom is 0.0672 e. The maximum absolute atomic E-state index is 5.60. The maximum atomic E-state index is 5.60. The molecule has 100 valence electrons. The van der Waals surface area contributed by atoms with E-state index in [1.165, 1.54) is 0 Å². The van der Waals surface area contributed by atoms with Gasteiger partial charge in [-0.05, 0) is 19.8 Å². The molecule has 0 bridgehead atoms. The van der Waals surface area contributed by atoms with Gasteiger partial charge in [-0.25, -0.2) is 0 Å². The van der Waals surface area contributed by atoms with E-state index in [1.807, 2.05) is 6.92 Å². The number of piperazine rings is 1. The first-order valence-corrected chi connectivity index (χ1v) is 6.70. The molecule has 3 heteroatoms. The summed E-state index contributed by atoms with van der Waals surface area (Å²) in [4.78, 5) is 2.56. The Morgan fingerprint density at radius 1 is 1.53 bits per heavy atom. The highest BCUT2D eigenvalue weighted by Crippen LogP contribution is 2.14. The Morgan fingerprint density at radius 2 is 2.24 bits per heavy atom. The number of hydrogen-bond donors (Lipinski definition) is 1. The third-order valence-electron chi connectivity index (χ3n) is 3.29. The minimum Gasteiger partial charge on any atom is -0.376 e. The first kappa shape index (κ1) is 14.7. The Labute approximate surface area is 106 Å². The van der Waals surface area contributed by atoms with E-state index in [4.69, 9.17) is 4.74 Å². The Bertz CT molecular complexity index is 240. The van der Waals surface area contributed by atoms with Crippen LogP contribution in [0.3, 0.4) is 0 Å². The van der Waals surface area contributed by atoms with E-state index in [1.54, 1.807) is 0 Å². The minimum absolute atomic E-state index is 0.589. The molecule has 0 radical (unpaired) electrons. The zero-order chi connectivity index (χ0) is 12.8. The second-order valence-corrected chi connectivity index (χ2v) is 5.63. The lowest BCUT2D eigenvalue weighted by Gasteiger charge is -2.41. The topological polar surface area (TPSA) is 24.5 Å². The molecule has 1 rings (SSSR count). The van der Waals surface area contributed by atoms with Crippen molar-refractivity contribution in [3.8, 4) is 0 Å². The molecule has 0 amide bonds. The van der Waals surface area contributed by atoms with Crippen LogP contribution in [0.15, 0.2) is 12.2 Å². The van der Waals surface area contributed by atoms with Crippen LogP contribution < -0.4 is 5.32 Å². The molecule has 2 unspecified atom stereocenters. The van der Waals surface area contributed by atoms with Crippen LogP contribution in [0.25, 0.3) is 0 Å². The Balaban J connectivity index is 2.33. The normalized spacial score (nSPS) is 26.4. The standard InChI is InChI=1S/C14H28N2O/c1-11(2)10-17-7-6-16-9-13(5)15-8-14(16)12(3)4/h12-15H,1,6-10H2,2-5H3. The SMILES string of the molecule is C=C(C)COCCN1CC(C)NCC1C(C)C. The summed E-state index contributed by atoms with van der Waals surface area (Å²) >= 11 is 0. The highest BCUT2D eigenvalue weighted by Gasteiger charge is 2.27. The summed E-state index contributed by atoms with van der Waals surface area (Å²) in [6, 6.07) is 1.23. The van der Waals surface area contributed by atoms with E-state index in [2.05, 4.69) is 37.6 Å². The molecule has 0 aromatic heterocycles. The van der Waals surface area contributed by atoms with Gasteiger partial charge in [0.2, 0.25) is 0 Å². The third kappa shape index (κ3) is 5.19. The van der Waals surface area contributed by atoms with Crippen LogP contribution in [0.1, 0.15) is 27.7 Å². The molecule has 17 heavy (non-hydrogen) atoms. The number of nitrogens with one attached hydrogen (secondary N) is 1. The predicted octanol–water partition coefficient (Wildman–Crippen LogP) is 1.90. The number of ether oxygens (including phenoxy) is 1. The second-order valence-electron chi connectivity index (χ2n) is 5.63. The molecular weight excluding hydrogens is 212 g/mol. The van der Waals surface area contributed by atoms with E-state index in [0.717, 1.165) is 31.8 Å². The molecule has 1 aliphatic rings. The molecule has 0 aliphatic carbocycles. The second kappa shape index (κ2) is 7.14. The van der Waals surface area contributed by atoms with Gasteiger partial charge >= 0.3 is 0 Å². The van der Waals surface area contributed by atoms with Crippen LogP contribution in [-0.4, -0.2) is 49.8 Å². The van der Waals surface area contributed by atoms with Gasteiger partial charge in [0.15, 0.2) is 0 Å². The molecule has 2 atom stereocenters.